The average Bonchev–Trinajstić information content (AvgIpc) is 2.65. The van der Waals surface area contributed by atoms with Crippen molar-refractivity contribution in [2.45, 2.75) is 0 Å². The molecular formula is C17H21FN6S. The van der Waals surface area contributed by atoms with Gasteiger partial charge in [0.25, 0.3) is 0 Å². The second-order valence-electron chi connectivity index (χ2n) is 5.77. The number of thiocarbonyl (C=S) groups is 1. The van der Waals surface area contributed by atoms with Crippen LogP contribution in [0.1, 0.15) is 0 Å². The van der Waals surface area contributed by atoms with Crippen LogP contribution in [-0.4, -0.2) is 59.2 Å². The molecule has 0 spiro atoms. The van der Waals surface area contributed by atoms with Crippen molar-refractivity contribution in [1.82, 2.24) is 20.2 Å². The van der Waals surface area contributed by atoms with Crippen molar-refractivity contribution in [2.75, 3.05) is 49.5 Å². The molecule has 2 heterocycles. The summed E-state index contributed by atoms with van der Waals surface area (Å²) >= 11 is 5.26. The van der Waals surface area contributed by atoms with E-state index in [1.165, 1.54) is 12.1 Å². The lowest BCUT2D eigenvalue weighted by Gasteiger charge is -2.34. The van der Waals surface area contributed by atoms with E-state index in [0.29, 0.717) is 5.11 Å². The Labute approximate surface area is 152 Å². The number of benzene rings is 1. The van der Waals surface area contributed by atoms with E-state index in [1.54, 1.807) is 24.5 Å². The summed E-state index contributed by atoms with van der Waals surface area (Å²) in [7, 11) is 0. The largest absolute Gasteiger partial charge is 0.361 e. The summed E-state index contributed by atoms with van der Waals surface area (Å²) in [5.41, 5.74) is 0.773. The van der Waals surface area contributed by atoms with Crippen LogP contribution < -0.4 is 15.5 Å². The Bertz CT molecular complexity index is 673. The molecule has 0 radical (unpaired) electrons. The molecule has 3 rings (SSSR count). The zero-order valence-electron chi connectivity index (χ0n) is 13.9. The predicted molar refractivity (Wildman–Crippen MR) is 101 cm³/mol. The van der Waals surface area contributed by atoms with Crippen molar-refractivity contribution in [1.29, 1.82) is 0 Å². The van der Waals surface area contributed by atoms with Gasteiger partial charge < -0.3 is 15.5 Å². The van der Waals surface area contributed by atoms with Gasteiger partial charge in [0.15, 0.2) is 5.11 Å². The highest BCUT2D eigenvalue weighted by Gasteiger charge is 2.18. The molecule has 1 aliphatic heterocycles. The van der Waals surface area contributed by atoms with Gasteiger partial charge in [-0.25, -0.2) is 14.4 Å². The van der Waals surface area contributed by atoms with Crippen molar-refractivity contribution < 1.29 is 4.39 Å². The minimum atomic E-state index is -0.260. The van der Waals surface area contributed by atoms with E-state index in [-0.39, 0.29) is 5.82 Å². The molecule has 0 aliphatic carbocycles. The summed E-state index contributed by atoms with van der Waals surface area (Å²) in [5, 5.41) is 6.77. The van der Waals surface area contributed by atoms with E-state index in [9.17, 15) is 4.39 Å². The number of aromatic nitrogens is 2. The number of rotatable bonds is 5. The lowest BCUT2D eigenvalue weighted by atomic mass is 10.3. The smallest absolute Gasteiger partial charge is 0.225 e. The number of nitrogens with one attached hydrogen (secondary N) is 2. The van der Waals surface area contributed by atoms with Crippen LogP contribution in [-0.2, 0) is 0 Å². The van der Waals surface area contributed by atoms with Crippen LogP contribution in [0.25, 0.3) is 0 Å². The third-order valence-electron chi connectivity index (χ3n) is 4.02. The van der Waals surface area contributed by atoms with Gasteiger partial charge in [-0.3, -0.25) is 4.90 Å². The standard InChI is InChI=1S/C17H21FN6S/c18-14-2-4-15(5-3-14)22-17(25)21-8-9-23-10-12-24(13-11-23)16-19-6-1-7-20-16/h1-7H,8-13H2,(H2,21,22,25). The van der Waals surface area contributed by atoms with Gasteiger partial charge >= 0.3 is 0 Å². The van der Waals surface area contributed by atoms with Crippen LogP contribution in [0.2, 0.25) is 0 Å². The van der Waals surface area contributed by atoms with Gasteiger partial charge in [-0.15, -0.1) is 0 Å². The minimum absolute atomic E-state index is 0.260. The summed E-state index contributed by atoms with van der Waals surface area (Å²) in [4.78, 5) is 13.2. The highest BCUT2D eigenvalue weighted by atomic mass is 32.1. The summed E-state index contributed by atoms with van der Waals surface area (Å²) < 4.78 is 12.9. The molecule has 0 bridgehead atoms. The molecule has 0 unspecified atom stereocenters. The molecule has 0 amide bonds. The molecule has 1 aliphatic rings. The molecule has 8 heteroatoms. The van der Waals surface area contributed by atoms with Crippen LogP contribution >= 0.6 is 12.2 Å². The molecule has 0 atom stereocenters. The maximum Gasteiger partial charge on any atom is 0.225 e. The Balaban J connectivity index is 1.34. The van der Waals surface area contributed by atoms with Gasteiger partial charge in [0.05, 0.1) is 0 Å². The average molecular weight is 360 g/mol. The fourth-order valence-electron chi connectivity index (χ4n) is 2.66. The molecule has 6 nitrogen and oxygen atoms in total. The first-order valence-electron chi connectivity index (χ1n) is 8.25. The molecule has 132 valence electrons. The zero-order chi connectivity index (χ0) is 17.5. The SMILES string of the molecule is Fc1ccc(NC(=S)NCCN2CCN(c3ncccn3)CC2)cc1. The number of hydrogen-bond donors (Lipinski definition) is 2. The van der Waals surface area contributed by atoms with Gasteiger partial charge in [0.2, 0.25) is 5.95 Å². The molecule has 25 heavy (non-hydrogen) atoms. The molecule has 2 aromatic rings. The third-order valence-corrected chi connectivity index (χ3v) is 4.27. The van der Waals surface area contributed by atoms with E-state index in [4.69, 9.17) is 12.2 Å². The fraction of sp³-hybridized carbons (Fsp3) is 0.353. The van der Waals surface area contributed by atoms with Crippen molar-refractivity contribution in [2.24, 2.45) is 0 Å². The van der Waals surface area contributed by atoms with Crippen LogP contribution in [0.15, 0.2) is 42.7 Å². The van der Waals surface area contributed by atoms with E-state index in [2.05, 4.69) is 30.4 Å². The van der Waals surface area contributed by atoms with Crippen LogP contribution in [0, 0.1) is 5.82 Å². The third kappa shape index (κ3) is 5.33. The van der Waals surface area contributed by atoms with Crippen molar-refractivity contribution in [3.8, 4) is 0 Å². The van der Waals surface area contributed by atoms with E-state index >= 15 is 0 Å². The summed E-state index contributed by atoms with van der Waals surface area (Å²) in [6, 6.07) is 7.96. The Morgan fingerprint density at radius 1 is 1.08 bits per heavy atom. The molecule has 1 saturated heterocycles. The first-order chi connectivity index (χ1) is 12.2. The molecule has 1 aromatic heterocycles. The minimum Gasteiger partial charge on any atom is -0.361 e. The Morgan fingerprint density at radius 3 is 2.44 bits per heavy atom. The zero-order valence-corrected chi connectivity index (χ0v) is 14.7. The number of piperazine rings is 1. The summed E-state index contributed by atoms with van der Waals surface area (Å²) in [6.07, 6.45) is 3.54. The fourth-order valence-corrected chi connectivity index (χ4v) is 2.88. The molecule has 2 N–H and O–H groups in total. The molecule has 1 fully saturated rings. The highest BCUT2D eigenvalue weighted by Crippen LogP contribution is 2.09. The van der Waals surface area contributed by atoms with Crippen molar-refractivity contribution >= 4 is 29.0 Å². The quantitative estimate of drug-likeness (QED) is 0.788. The van der Waals surface area contributed by atoms with Crippen molar-refractivity contribution in [3.05, 3.63) is 48.5 Å². The highest BCUT2D eigenvalue weighted by molar-refractivity contribution is 7.80. The lowest BCUT2D eigenvalue weighted by Crippen LogP contribution is -2.49. The Morgan fingerprint density at radius 2 is 1.76 bits per heavy atom. The molecule has 0 saturated carbocycles. The van der Waals surface area contributed by atoms with Crippen LogP contribution in [0.4, 0.5) is 16.0 Å². The van der Waals surface area contributed by atoms with Gasteiger partial charge in [-0.2, -0.15) is 0 Å². The van der Waals surface area contributed by atoms with Crippen LogP contribution in [0.3, 0.4) is 0 Å². The number of hydrogen-bond acceptors (Lipinski definition) is 5. The first kappa shape index (κ1) is 17.5. The number of halogens is 1. The summed E-state index contributed by atoms with van der Waals surface area (Å²) in [6.45, 7) is 5.45. The number of anilines is 2. The van der Waals surface area contributed by atoms with Gasteiger partial charge in [0.1, 0.15) is 5.82 Å². The molecular weight excluding hydrogens is 339 g/mol. The topological polar surface area (TPSA) is 56.3 Å². The lowest BCUT2D eigenvalue weighted by molar-refractivity contribution is 0.260. The maximum absolute atomic E-state index is 12.9. The van der Waals surface area contributed by atoms with Crippen LogP contribution in [0.5, 0.6) is 0 Å². The van der Waals surface area contributed by atoms with E-state index in [1.807, 2.05) is 6.07 Å². The van der Waals surface area contributed by atoms with Gasteiger partial charge in [0, 0.05) is 57.3 Å². The number of nitrogens with zero attached hydrogens (tertiary/aromatic N) is 4. The normalized spacial score (nSPS) is 15.0. The Kier molecular flexibility index (Phi) is 6.08. The van der Waals surface area contributed by atoms with Gasteiger partial charge in [-0.05, 0) is 42.5 Å². The van der Waals surface area contributed by atoms with E-state index < -0.39 is 0 Å². The first-order valence-corrected chi connectivity index (χ1v) is 8.66. The predicted octanol–water partition coefficient (Wildman–Crippen LogP) is 1.72. The van der Waals surface area contributed by atoms with E-state index in [0.717, 1.165) is 50.9 Å². The monoisotopic (exact) mass is 360 g/mol. The van der Waals surface area contributed by atoms with Gasteiger partial charge in [-0.1, -0.05) is 0 Å². The maximum atomic E-state index is 12.9. The molecule has 1 aromatic carbocycles. The second kappa shape index (κ2) is 8.68. The Hall–Kier alpha value is -2.32. The summed E-state index contributed by atoms with van der Waals surface area (Å²) in [5.74, 6) is 0.537. The second-order valence-corrected chi connectivity index (χ2v) is 6.17. The van der Waals surface area contributed by atoms with Crippen molar-refractivity contribution in [3.63, 3.8) is 0 Å².